The van der Waals surface area contributed by atoms with Crippen LogP contribution in [0.15, 0.2) is 71.6 Å². The molecule has 0 spiro atoms. The molecule has 0 aliphatic heterocycles. The molecule has 3 aromatic carbocycles. The van der Waals surface area contributed by atoms with E-state index in [1.807, 2.05) is 30.3 Å². The third-order valence-corrected chi connectivity index (χ3v) is 8.36. The van der Waals surface area contributed by atoms with Gasteiger partial charge in [-0.2, -0.15) is 0 Å². The lowest BCUT2D eigenvalue weighted by molar-refractivity contribution is 0.101. The number of sulfonamides is 1. The fraction of sp³-hybridized carbons (Fsp3) is 0.300. The van der Waals surface area contributed by atoms with Crippen molar-refractivity contribution >= 4 is 21.9 Å². The first-order valence-electron chi connectivity index (χ1n) is 12.8. The number of hydrogen-bond donors (Lipinski definition) is 3. The molecule has 4 rings (SSSR count). The van der Waals surface area contributed by atoms with Gasteiger partial charge in [0, 0.05) is 24.1 Å². The van der Waals surface area contributed by atoms with Crippen LogP contribution in [0.25, 0.3) is 6.08 Å². The molecule has 1 aliphatic rings. The molecule has 0 bridgehead atoms. The monoisotopic (exact) mass is 551 g/mol. The van der Waals surface area contributed by atoms with Crippen LogP contribution in [0, 0.1) is 0 Å². The average molecular weight is 552 g/mol. The summed E-state index contributed by atoms with van der Waals surface area (Å²) in [6.45, 7) is 0.149. The van der Waals surface area contributed by atoms with Crippen molar-refractivity contribution in [2.75, 3.05) is 14.2 Å². The zero-order valence-electron chi connectivity index (χ0n) is 22.0. The van der Waals surface area contributed by atoms with Gasteiger partial charge in [0.1, 0.15) is 22.8 Å². The number of aliphatic hydroxyl groups excluding tert-OH is 1. The molecule has 8 nitrogen and oxygen atoms in total. The molecule has 0 unspecified atom stereocenters. The summed E-state index contributed by atoms with van der Waals surface area (Å²) in [5.41, 5.74) is 1.66. The molecule has 0 amide bonds. The minimum Gasteiger partial charge on any atom is -0.507 e. The Hall–Kier alpha value is -3.66. The minimum absolute atomic E-state index is 0.0457. The average Bonchev–Trinajstić information content (AvgIpc) is 2.95. The van der Waals surface area contributed by atoms with E-state index in [9.17, 15) is 23.4 Å². The summed E-state index contributed by atoms with van der Waals surface area (Å²) in [4.78, 5) is 13.4. The number of aliphatic hydroxyl groups is 1. The van der Waals surface area contributed by atoms with Crippen LogP contribution in [0.4, 0.5) is 0 Å². The fourth-order valence-electron chi connectivity index (χ4n) is 4.91. The number of nitrogens with one attached hydrogen (secondary N) is 1. The maximum absolute atomic E-state index is 13.3. The number of carbonyl (C=O) groups is 1. The van der Waals surface area contributed by atoms with Gasteiger partial charge < -0.3 is 19.7 Å². The molecule has 0 aromatic heterocycles. The molecule has 9 heteroatoms. The van der Waals surface area contributed by atoms with Gasteiger partial charge in [0.05, 0.1) is 25.2 Å². The molecule has 2 atom stereocenters. The Morgan fingerprint density at radius 2 is 1.72 bits per heavy atom. The Morgan fingerprint density at radius 1 is 1.00 bits per heavy atom. The number of aromatic hydroxyl groups is 1. The van der Waals surface area contributed by atoms with E-state index in [-0.39, 0.29) is 34.4 Å². The Kier molecular flexibility index (Phi) is 9.06. The number of phenolic OH excluding ortho intramolecular Hbond substituents is 1. The maximum atomic E-state index is 13.3. The number of ether oxygens (including phenoxy) is 2. The summed E-state index contributed by atoms with van der Waals surface area (Å²) in [6.07, 6.45) is 5.11. The van der Waals surface area contributed by atoms with Crippen LogP contribution in [0.5, 0.6) is 17.2 Å². The lowest BCUT2D eigenvalue weighted by atomic mass is 9.80. The van der Waals surface area contributed by atoms with Crippen molar-refractivity contribution in [2.24, 2.45) is 0 Å². The number of methoxy groups -OCH3 is 2. The molecule has 1 saturated carbocycles. The van der Waals surface area contributed by atoms with E-state index >= 15 is 0 Å². The van der Waals surface area contributed by atoms with Gasteiger partial charge in [0.2, 0.25) is 10.0 Å². The fourth-order valence-corrected chi connectivity index (χ4v) is 5.98. The third kappa shape index (κ3) is 6.50. The normalized spacial score (nSPS) is 17.7. The number of ketones is 1. The predicted molar refractivity (Wildman–Crippen MR) is 149 cm³/mol. The molecule has 3 N–H and O–H groups in total. The molecular formula is C30H33NO7S. The quantitative estimate of drug-likeness (QED) is 0.244. The topological polar surface area (TPSA) is 122 Å². The Labute approximate surface area is 229 Å². The highest BCUT2D eigenvalue weighted by atomic mass is 32.2. The van der Waals surface area contributed by atoms with E-state index in [1.54, 1.807) is 18.2 Å². The molecule has 0 radical (unpaired) electrons. The number of rotatable bonds is 10. The zero-order chi connectivity index (χ0) is 28.0. The molecule has 39 heavy (non-hydrogen) atoms. The van der Waals surface area contributed by atoms with Crippen LogP contribution >= 0.6 is 0 Å². The molecule has 3 aromatic rings. The van der Waals surface area contributed by atoms with Crippen molar-refractivity contribution in [1.82, 2.24) is 4.72 Å². The molecular weight excluding hydrogens is 518 g/mol. The largest absolute Gasteiger partial charge is 0.507 e. The predicted octanol–water partition coefficient (Wildman–Crippen LogP) is 4.80. The molecule has 1 aliphatic carbocycles. The second-order valence-electron chi connectivity index (χ2n) is 9.46. The molecule has 206 valence electrons. The van der Waals surface area contributed by atoms with Gasteiger partial charge in [-0.05, 0) is 42.2 Å². The second-order valence-corrected chi connectivity index (χ2v) is 11.2. The van der Waals surface area contributed by atoms with Gasteiger partial charge in [-0.1, -0.05) is 61.4 Å². The number of carbonyl (C=O) groups excluding carboxylic acids is 1. The van der Waals surface area contributed by atoms with Crippen molar-refractivity contribution < 1.29 is 32.9 Å². The maximum Gasteiger partial charge on any atom is 0.240 e. The van der Waals surface area contributed by atoms with Gasteiger partial charge in [-0.3, -0.25) is 4.79 Å². The van der Waals surface area contributed by atoms with Gasteiger partial charge in [0.25, 0.3) is 0 Å². The second kappa shape index (κ2) is 12.5. The lowest BCUT2D eigenvalue weighted by Gasteiger charge is -2.30. The van der Waals surface area contributed by atoms with Crippen LogP contribution in [-0.4, -0.2) is 44.7 Å². The van der Waals surface area contributed by atoms with Crippen LogP contribution < -0.4 is 14.2 Å². The Balaban J connectivity index is 1.60. The highest BCUT2D eigenvalue weighted by molar-refractivity contribution is 7.89. The number of hydrogen-bond acceptors (Lipinski definition) is 7. The number of benzene rings is 3. The van der Waals surface area contributed by atoms with Gasteiger partial charge in [0.15, 0.2) is 5.78 Å². The van der Waals surface area contributed by atoms with Crippen molar-refractivity contribution in [3.8, 4) is 17.2 Å². The lowest BCUT2D eigenvalue weighted by Crippen LogP contribution is -2.23. The number of phenols is 1. The Morgan fingerprint density at radius 3 is 2.41 bits per heavy atom. The highest BCUT2D eigenvalue weighted by Crippen LogP contribution is 2.47. The van der Waals surface area contributed by atoms with E-state index in [0.29, 0.717) is 29.7 Å². The summed E-state index contributed by atoms with van der Waals surface area (Å²) in [5.74, 6) is -0.714. The first-order valence-corrected chi connectivity index (χ1v) is 14.3. The van der Waals surface area contributed by atoms with Crippen LogP contribution in [0.2, 0.25) is 0 Å². The van der Waals surface area contributed by atoms with Gasteiger partial charge >= 0.3 is 0 Å². The van der Waals surface area contributed by atoms with E-state index in [1.165, 1.54) is 38.5 Å². The van der Waals surface area contributed by atoms with Crippen LogP contribution in [0.1, 0.15) is 58.6 Å². The van der Waals surface area contributed by atoms with Crippen molar-refractivity contribution in [2.45, 2.75) is 49.1 Å². The third-order valence-electron chi connectivity index (χ3n) is 6.96. The Bertz CT molecular complexity index is 1450. The van der Waals surface area contributed by atoms with Gasteiger partial charge in [-0.15, -0.1) is 0 Å². The standard InChI is InChI=1S/C30H33NO7S/c1-37-26-18-27(38-2)29(30(34)28(26)23-13-6-7-14-24(23)32)25(33)16-15-20-11-8-12-22(17-20)39(35,36)31-19-21-9-4-3-5-10-21/h3-5,8-12,15-18,23-24,31-32,34H,6-7,13-14,19H2,1-2H3/b16-15+/t23-,24-/m1/s1. The summed E-state index contributed by atoms with van der Waals surface area (Å²) in [7, 11) is -0.935. The van der Waals surface area contributed by atoms with Crippen LogP contribution in [0.3, 0.4) is 0 Å². The highest BCUT2D eigenvalue weighted by Gasteiger charge is 2.33. The first kappa shape index (κ1) is 28.4. The van der Waals surface area contributed by atoms with Crippen molar-refractivity contribution in [3.05, 3.63) is 89.0 Å². The molecule has 0 saturated heterocycles. The first-order chi connectivity index (χ1) is 18.7. The van der Waals surface area contributed by atoms with Crippen LogP contribution in [-0.2, 0) is 16.6 Å². The van der Waals surface area contributed by atoms with Crippen molar-refractivity contribution in [1.29, 1.82) is 0 Å². The summed E-state index contributed by atoms with van der Waals surface area (Å²) in [6, 6.07) is 16.9. The number of allylic oxidation sites excluding steroid dienone is 1. The molecule has 0 heterocycles. The van der Waals surface area contributed by atoms with E-state index in [4.69, 9.17) is 9.47 Å². The minimum atomic E-state index is -3.79. The van der Waals surface area contributed by atoms with E-state index < -0.39 is 21.9 Å². The van der Waals surface area contributed by atoms with E-state index in [2.05, 4.69) is 4.72 Å². The molecule has 1 fully saturated rings. The van der Waals surface area contributed by atoms with E-state index in [0.717, 1.165) is 18.4 Å². The SMILES string of the molecule is COc1cc(OC)c([C@@H]2CCCC[C@H]2O)c(O)c1C(=O)/C=C/c1cccc(S(=O)(=O)NCc2ccccc2)c1. The van der Waals surface area contributed by atoms with Crippen molar-refractivity contribution in [3.63, 3.8) is 0 Å². The summed E-state index contributed by atoms with van der Waals surface area (Å²) >= 11 is 0. The zero-order valence-corrected chi connectivity index (χ0v) is 22.8. The smallest absolute Gasteiger partial charge is 0.240 e. The van der Waals surface area contributed by atoms with Gasteiger partial charge in [-0.25, -0.2) is 13.1 Å². The summed E-state index contributed by atoms with van der Waals surface area (Å²) < 4.78 is 39.1. The summed E-state index contributed by atoms with van der Waals surface area (Å²) in [5, 5.41) is 21.9.